The van der Waals surface area contributed by atoms with Crippen molar-refractivity contribution in [3.05, 3.63) is 0 Å². The van der Waals surface area contributed by atoms with Crippen LogP contribution in [0.1, 0.15) is 6.92 Å². The van der Waals surface area contributed by atoms with E-state index in [0.717, 1.165) is 6.54 Å². The van der Waals surface area contributed by atoms with E-state index in [4.69, 9.17) is 50.1 Å². The third-order valence-corrected chi connectivity index (χ3v) is 4.07. The first-order valence-corrected chi connectivity index (χ1v) is 14.1. The van der Waals surface area contributed by atoms with Crippen LogP contribution in [-0.4, -0.2) is 173 Å². The summed E-state index contributed by atoms with van der Waals surface area (Å²) in [6, 6.07) is 0. The van der Waals surface area contributed by atoms with Gasteiger partial charge in [-0.1, -0.05) is 0 Å². The van der Waals surface area contributed by atoms with E-state index >= 15 is 0 Å². The van der Waals surface area contributed by atoms with E-state index < -0.39 is 25.2 Å². The normalized spacial score (nSPS) is 10.3. The predicted molar refractivity (Wildman–Crippen MR) is 158 cm³/mol. The number of hydrogen-bond acceptors (Lipinski definition) is 15. The monoisotopic (exact) mass is 646 g/mol. The number of carbonyl (C=O) groups excluding carboxylic acids is 2. The van der Waals surface area contributed by atoms with E-state index in [2.05, 4.69) is 20.1 Å². The molecular weight excluding hydrogens is 592 g/mol. The molecule has 0 unspecified atom stereocenters. The van der Waals surface area contributed by atoms with Crippen LogP contribution >= 0.6 is 0 Å². The average molecular weight is 647 g/mol. The van der Waals surface area contributed by atoms with Crippen LogP contribution in [0.15, 0.2) is 0 Å². The number of rotatable bonds is 30. The molecule has 44 heavy (non-hydrogen) atoms. The van der Waals surface area contributed by atoms with Crippen molar-refractivity contribution in [1.29, 1.82) is 0 Å². The molecule has 1 amide bonds. The second-order valence-corrected chi connectivity index (χ2v) is 8.18. The summed E-state index contributed by atoms with van der Waals surface area (Å²) in [5.74, 6) is -2.37. The first-order valence-electron chi connectivity index (χ1n) is 14.1. The van der Waals surface area contributed by atoms with Crippen molar-refractivity contribution in [2.24, 2.45) is 11.5 Å². The number of aliphatic carboxylic acids is 2. The fourth-order valence-corrected chi connectivity index (χ4v) is 2.23. The molecule has 0 spiro atoms. The molecule has 0 aromatic heterocycles. The van der Waals surface area contributed by atoms with E-state index in [0.29, 0.717) is 79.1 Å². The minimum atomic E-state index is -1.06. The maximum atomic E-state index is 11.4. The van der Waals surface area contributed by atoms with E-state index in [1.54, 1.807) is 0 Å². The number of ether oxygens (including phenoxy) is 8. The molecule has 0 aliphatic rings. The number of amides is 1. The molecule has 0 radical (unpaired) electrons. The highest BCUT2D eigenvalue weighted by Crippen LogP contribution is 1.82. The molecule has 0 rings (SSSR count). The molecule has 0 aliphatic heterocycles. The molecule has 0 fully saturated rings. The Morgan fingerprint density at radius 1 is 0.523 bits per heavy atom. The van der Waals surface area contributed by atoms with Gasteiger partial charge in [-0.05, 0) is 14.0 Å². The topological polar surface area (TPSA) is 259 Å². The number of Topliss-reactive ketones (excluding diaryl/α,β-unsaturated/α-hetero) is 1. The molecule has 0 aliphatic carbocycles. The van der Waals surface area contributed by atoms with E-state index in [-0.39, 0.29) is 44.7 Å². The van der Waals surface area contributed by atoms with Gasteiger partial charge in [0.1, 0.15) is 26.4 Å². The van der Waals surface area contributed by atoms with Crippen molar-refractivity contribution >= 4 is 23.6 Å². The summed E-state index contributed by atoms with van der Waals surface area (Å²) in [6.45, 7) is 8.38. The van der Waals surface area contributed by atoms with Crippen LogP contribution in [0.4, 0.5) is 0 Å². The molecule has 0 saturated carbocycles. The van der Waals surface area contributed by atoms with Gasteiger partial charge >= 0.3 is 11.9 Å². The number of carboxylic acids is 2. The lowest BCUT2D eigenvalue weighted by atomic mass is 10.5. The van der Waals surface area contributed by atoms with Gasteiger partial charge in [-0.15, -0.1) is 0 Å². The highest BCUT2D eigenvalue weighted by atomic mass is 16.5. The zero-order chi connectivity index (χ0) is 33.5. The van der Waals surface area contributed by atoms with Crippen LogP contribution in [0, 0.1) is 0 Å². The number of carboxylic acid groups (broad SMARTS) is 2. The molecule has 8 N–H and O–H groups in total. The first kappa shape index (κ1) is 46.1. The van der Waals surface area contributed by atoms with Gasteiger partial charge in [-0.3, -0.25) is 9.59 Å². The molecular formula is C26H54N4O14. The molecule has 0 atom stereocenters. The van der Waals surface area contributed by atoms with Crippen LogP contribution in [-0.2, 0) is 57.1 Å². The SMILES string of the molecule is CNCCOCCOCCNC(=O)COCCOCC(C)=O.NCCOCCOCCN.O=C(O)COCCOCC(=O)O. The number of carbonyl (C=O) groups is 4. The van der Waals surface area contributed by atoms with Crippen molar-refractivity contribution in [3.63, 3.8) is 0 Å². The molecule has 0 heterocycles. The average Bonchev–Trinajstić information content (AvgIpc) is 2.98. The van der Waals surface area contributed by atoms with Crippen molar-refractivity contribution in [3.8, 4) is 0 Å². The minimum absolute atomic E-state index is 0.0312. The van der Waals surface area contributed by atoms with Gasteiger partial charge in [0, 0.05) is 26.2 Å². The maximum Gasteiger partial charge on any atom is 0.329 e. The Morgan fingerprint density at radius 3 is 1.27 bits per heavy atom. The van der Waals surface area contributed by atoms with Gasteiger partial charge in [0.2, 0.25) is 5.91 Å². The van der Waals surface area contributed by atoms with Crippen LogP contribution in [0.2, 0.25) is 0 Å². The van der Waals surface area contributed by atoms with Crippen LogP contribution < -0.4 is 22.1 Å². The molecule has 18 nitrogen and oxygen atoms in total. The number of likely N-dealkylation sites (N-methyl/N-ethyl adjacent to an activating group) is 1. The Labute approximate surface area is 259 Å². The zero-order valence-corrected chi connectivity index (χ0v) is 26.1. The number of hydrogen-bond donors (Lipinski definition) is 6. The van der Waals surface area contributed by atoms with Gasteiger partial charge < -0.3 is 70.2 Å². The van der Waals surface area contributed by atoms with Gasteiger partial charge in [0.05, 0.1) is 79.3 Å². The highest BCUT2D eigenvalue weighted by molar-refractivity contribution is 5.77. The fourth-order valence-electron chi connectivity index (χ4n) is 2.23. The van der Waals surface area contributed by atoms with Crippen molar-refractivity contribution in [1.82, 2.24) is 10.6 Å². The summed E-state index contributed by atoms with van der Waals surface area (Å²) in [5, 5.41) is 21.8. The molecule has 0 bridgehead atoms. The van der Waals surface area contributed by atoms with Crippen LogP contribution in [0.25, 0.3) is 0 Å². The Balaban J connectivity index is -0.000000641. The Kier molecular flexibility index (Phi) is 42.5. The molecule has 18 heteroatoms. The Hall–Kier alpha value is -2.36. The summed E-state index contributed by atoms with van der Waals surface area (Å²) >= 11 is 0. The third kappa shape index (κ3) is 52.3. The molecule has 0 aromatic rings. The lowest BCUT2D eigenvalue weighted by molar-refractivity contribution is -0.146. The quantitative estimate of drug-likeness (QED) is 0.0428. The summed E-state index contributed by atoms with van der Waals surface area (Å²) in [7, 11) is 1.87. The van der Waals surface area contributed by atoms with E-state index in [1.165, 1.54) is 6.92 Å². The largest absolute Gasteiger partial charge is 0.480 e. The first-order chi connectivity index (χ1) is 21.2. The van der Waals surface area contributed by atoms with E-state index in [9.17, 15) is 19.2 Å². The number of nitrogens with one attached hydrogen (secondary N) is 2. The second kappa shape index (κ2) is 40.6. The lowest BCUT2D eigenvalue weighted by Crippen LogP contribution is -2.31. The zero-order valence-electron chi connectivity index (χ0n) is 26.1. The van der Waals surface area contributed by atoms with Crippen LogP contribution in [0.5, 0.6) is 0 Å². The maximum absolute atomic E-state index is 11.4. The second-order valence-electron chi connectivity index (χ2n) is 8.18. The van der Waals surface area contributed by atoms with Crippen molar-refractivity contribution < 1.29 is 67.3 Å². The van der Waals surface area contributed by atoms with E-state index in [1.807, 2.05) is 7.05 Å². The molecule has 0 aromatic carbocycles. The number of ketones is 1. The van der Waals surface area contributed by atoms with Crippen molar-refractivity contribution in [2.45, 2.75) is 6.92 Å². The number of nitrogens with two attached hydrogens (primary N) is 2. The lowest BCUT2D eigenvalue weighted by Gasteiger charge is -2.08. The van der Waals surface area contributed by atoms with Crippen molar-refractivity contribution in [2.75, 3.05) is 139 Å². The third-order valence-electron chi connectivity index (χ3n) is 4.07. The van der Waals surface area contributed by atoms with Gasteiger partial charge in [0.15, 0.2) is 5.78 Å². The predicted octanol–water partition coefficient (Wildman–Crippen LogP) is -2.90. The summed E-state index contributed by atoms with van der Waals surface area (Å²) < 4.78 is 39.9. The summed E-state index contributed by atoms with van der Waals surface area (Å²) in [6.07, 6.45) is 0. The van der Waals surface area contributed by atoms with Crippen LogP contribution in [0.3, 0.4) is 0 Å². The molecule has 0 saturated heterocycles. The van der Waals surface area contributed by atoms with Gasteiger partial charge in [-0.2, -0.15) is 0 Å². The highest BCUT2D eigenvalue weighted by Gasteiger charge is 2.01. The summed E-state index contributed by atoms with van der Waals surface area (Å²) in [5.41, 5.74) is 10.4. The minimum Gasteiger partial charge on any atom is -0.480 e. The molecule has 262 valence electrons. The van der Waals surface area contributed by atoms with Gasteiger partial charge in [0.25, 0.3) is 0 Å². The standard InChI is InChI=1S/C14H28N2O6.C6H16N2O2.C6H10O6/c1-13(17)11-21-9-10-22-12-14(18)16-4-6-20-8-7-19-5-3-15-2;7-1-3-9-5-6-10-4-2-8;7-5(8)3-11-1-2-12-4-6(9)10/h15H,3-12H2,1-2H3,(H,16,18);1-8H2;1-4H2,(H,7,8)(H,9,10). The smallest absolute Gasteiger partial charge is 0.329 e. The Morgan fingerprint density at radius 2 is 0.886 bits per heavy atom. The van der Waals surface area contributed by atoms with Gasteiger partial charge in [-0.25, -0.2) is 9.59 Å². The summed E-state index contributed by atoms with van der Waals surface area (Å²) in [4.78, 5) is 41.7. The Bertz CT molecular complexity index is 636. The fraction of sp³-hybridized carbons (Fsp3) is 0.846.